The average molecular weight is 304 g/mol. The highest BCUT2D eigenvalue weighted by Gasteiger charge is 2.32. The van der Waals surface area contributed by atoms with E-state index < -0.39 is 6.10 Å². The van der Waals surface area contributed by atoms with Crippen LogP contribution in [0.5, 0.6) is 5.75 Å². The van der Waals surface area contributed by atoms with Gasteiger partial charge in [-0.15, -0.1) is 0 Å². The lowest BCUT2D eigenvalue weighted by atomic mass is 10.0. The number of amides is 1. The van der Waals surface area contributed by atoms with Crippen molar-refractivity contribution in [3.63, 3.8) is 0 Å². The Morgan fingerprint density at radius 3 is 2.59 bits per heavy atom. The number of hydrogen-bond acceptors (Lipinski definition) is 3. The molecule has 1 amide bonds. The Hall–Kier alpha value is -1.55. The van der Waals surface area contributed by atoms with Crippen LogP contribution < -0.4 is 15.8 Å². The smallest absolute Gasteiger partial charge is 0.261 e. The zero-order valence-corrected chi connectivity index (χ0v) is 14.1. The summed E-state index contributed by atoms with van der Waals surface area (Å²) in [7, 11) is 0. The Kier molecular flexibility index (Phi) is 5.46. The minimum absolute atomic E-state index is 0.0839. The lowest BCUT2D eigenvalue weighted by molar-refractivity contribution is -0.128. The van der Waals surface area contributed by atoms with Gasteiger partial charge in [0.2, 0.25) is 0 Å². The van der Waals surface area contributed by atoms with E-state index in [2.05, 4.69) is 31.3 Å². The molecule has 0 aromatic heterocycles. The first-order chi connectivity index (χ1) is 10.4. The molecule has 0 spiro atoms. The van der Waals surface area contributed by atoms with Crippen molar-refractivity contribution in [3.05, 3.63) is 29.3 Å². The minimum Gasteiger partial charge on any atom is -0.481 e. The molecule has 122 valence electrons. The van der Waals surface area contributed by atoms with Gasteiger partial charge in [-0.1, -0.05) is 26.0 Å². The van der Waals surface area contributed by atoms with Crippen LogP contribution in [-0.2, 0) is 4.79 Å². The van der Waals surface area contributed by atoms with Gasteiger partial charge >= 0.3 is 0 Å². The van der Waals surface area contributed by atoms with Crippen molar-refractivity contribution >= 4 is 5.91 Å². The molecule has 0 radical (unpaired) electrons. The molecule has 4 heteroatoms. The molecule has 0 bridgehead atoms. The Morgan fingerprint density at radius 1 is 1.36 bits per heavy atom. The van der Waals surface area contributed by atoms with Crippen molar-refractivity contribution in [1.82, 2.24) is 5.32 Å². The van der Waals surface area contributed by atoms with Crippen LogP contribution in [0.2, 0.25) is 0 Å². The van der Waals surface area contributed by atoms with E-state index in [-0.39, 0.29) is 11.9 Å². The maximum atomic E-state index is 12.3. The van der Waals surface area contributed by atoms with Crippen LogP contribution in [0.25, 0.3) is 0 Å². The van der Waals surface area contributed by atoms with Gasteiger partial charge in [0.15, 0.2) is 6.10 Å². The van der Waals surface area contributed by atoms with Crippen molar-refractivity contribution in [1.29, 1.82) is 0 Å². The van der Waals surface area contributed by atoms with Gasteiger partial charge in [0, 0.05) is 12.6 Å². The van der Waals surface area contributed by atoms with E-state index in [0.717, 1.165) is 29.7 Å². The fraction of sp³-hybridized carbons (Fsp3) is 0.611. The number of carbonyl (C=O) groups is 1. The lowest BCUT2D eigenvalue weighted by Gasteiger charge is -2.22. The molecule has 4 nitrogen and oxygen atoms in total. The molecule has 2 unspecified atom stereocenters. The first-order valence-corrected chi connectivity index (χ1v) is 8.20. The lowest BCUT2D eigenvalue weighted by Crippen LogP contribution is -2.47. The van der Waals surface area contributed by atoms with Gasteiger partial charge in [0.1, 0.15) is 5.75 Å². The van der Waals surface area contributed by atoms with Gasteiger partial charge in [-0.05, 0) is 55.7 Å². The highest BCUT2D eigenvalue weighted by atomic mass is 16.5. The Balaban J connectivity index is 2.02. The largest absolute Gasteiger partial charge is 0.481 e. The standard InChI is InChI=1S/C18H28N2O2/c1-11(2)15-8-5-12(3)9-17(15)22-13(4)18(21)20-16(10-19)14-6-7-14/h5,8-9,11,13-14,16H,6-7,10,19H2,1-4H3,(H,20,21). The normalized spacial score (nSPS) is 17.2. The fourth-order valence-electron chi connectivity index (χ4n) is 2.63. The maximum Gasteiger partial charge on any atom is 0.261 e. The molecule has 0 heterocycles. The van der Waals surface area contributed by atoms with E-state index in [1.807, 2.05) is 13.0 Å². The van der Waals surface area contributed by atoms with Crippen molar-refractivity contribution in [2.45, 2.75) is 58.6 Å². The monoisotopic (exact) mass is 304 g/mol. The third kappa shape index (κ3) is 4.23. The SMILES string of the molecule is Cc1ccc(C(C)C)c(OC(C)C(=O)NC(CN)C2CC2)c1. The molecule has 2 atom stereocenters. The molecule has 3 N–H and O–H groups in total. The van der Waals surface area contributed by atoms with Crippen molar-refractivity contribution in [3.8, 4) is 5.75 Å². The average Bonchev–Trinajstić information content (AvgIpc) is 3.28. The molecule has 1 saturated carbocycles. The van der Waals surface area contributed by atoms with E-state index in [1.54, 1.807) is 6.92 Å². The molecular weight excluding hydrogens is 276 g/mol. The summed E-state index contributed by atoms with van der Waals surface area (Å²) in [5.74, 6) is 1.62. The van der Waals surface area contributed by atoms with Crippen molar-refractivity contribution < 1.29 is 9.53 Å². The third-order valence-electron chi connectivity index (χ3n) is 4.24. The summed E-state index contributed by atoms with van der Waals surface area (Å²) in [6.07, 6.45) is 1.80. The molecule has 2 rings (SSSR count). The topological polar surface area (TPSA) is 64.3 Å². The highest BCUT2D eigenvalue weighted by Crippen LogP contribution is 2.32. The van der Waals surface area contributed by atoms with E-state index in [9.17, 15) is 4.79 Å². The Labute approximate surface area is 133 Å². The fourth-order valence-corrected chi connectivity index (χ4v) is 2.63. The first-order valence-electron chi connectivity index (χ1n) is 8.20. The summed E-state index contributed by atoms with van der Waals surface area (Å²) in [6.45, 7) is 8.56. The third-order valence-corrected chi connectivity index (χ3v) is 4.24. The van der Waals surface area contributed by atoms with Gasteiger partial charge in [-0.3, -0.25) is 4.79 Å². The zero-order chi connectivity index (χ0) is 16.3. The van der Waals surface area contributed by atoms with Gasteiger partial charge in [0.25, 0.3) is 5.91 Å². The molecular formula is C18H28N2O2. The second kappa shape index (κ2) is 7.14. The van der Waals surface area contributed by atoms with Crippen molar-refractivity contribution in [2.24, 2.45) is 11.7 Å². The zero-order valence-electron chi connectivity index (χ0n) is 14.1. The summed E-state index contributed by atoms with van der Waals surface area (Å²) in [6, 6.07) is 6.23. The van der Waals surface area contributed by atoms with E-state index in [0.29, 0.717) is 18.4 Å². The second-order valence-corrected chi connectivity index (χ2v) is 6.64. The predicted octanol–water partition coefficient (Wildman–Crippen LogP) is 2.74. The predicted molar refractivity (Wildman–Crippen MR) is 89.1 cm³/mol. The van der Waals surface area contributed by atoms with Crippen LogP contribution in [0.4, 0.5) is 0 Å². The molecule has 22 heavy (non-hydrogen) atoms. The molecule has 0 saturated heterocycles. The second-order valence-electron chi connectivity index (χ2n) is 6.64. The summed E-state index contributed by atoms with van der Waals surface area (Å²) in [4.78, 5) is 12.3. The molecule has 1 aromatic rings. The minimum atomic E-state index is -0.521. The van der Waals surface area contributed by atoms with E-state index in [4.69, 9.17) is 10.5 Å². The number of hydrogen-bond donors (Lipinski definition) is 2. The van der Waals surface area contributed by atoms with Gasteiger partial charge < -0.3 is 15.8 Å². The molecule has 1 aliphatic carbocycles. The van der Waals surface area contributed by atoms with Crippen LogP contribution >= 0.6 is 0 Å². The quantitative estimate of drug-likeness (QED) is 0.814. The number of nitrogens with two attached hydrogens (primary N) is 1. The van der Waals surface area contributed by atoms with E-state index >= 15 is 0 Å². The van der Waals surface area contributed by atoms with Gasteiger partial charge in [-0.25, -0.2) is 0 Å². The molecule has 1 aromatic carbocycles. The maximum absolute atomic E-state index is 12.3. The first kappa shape index (κ1) is 16.8. The van der Waals surface area contributed by atoms with Crippen LogP contribution in [0.1, 0.15) is 50.7 Å². The van der Waals surface area contributed by atoms with Gasteiger partial charge in [-0.2, -0.15) is 0 Å². The number of carbonyl (C=O) groups excluding carboxylic acids is 1. The molecule has 1 aliphatic rings. The van der Waals surface area contributed by atoms with Gasteiger partial charge in [0.05, 0.1) is 0 Å². The van der Waals surface area contributed by atoms with Crippen molar-refractivity contribution in [2.75, 3.05) is 6.54 Å². The number of aryl methyl sites for hydroxylation is 1. The summed E-state index contributed by atoms with van der Waals surface area (Å²) in [5, 5.41) is 3.02. The summed E-state index contributed by atoms with van der Waals surface area (Å²) < 4.78 is 5.94. The van der Waals surface area contributed by atoms with Crippen LogP contribution in [-0.4, -0.2) is 24.6 Å². The summed E-state index contributed by atoms with van der Waals surface area (Å²) in [5.41, 5.74) is 8.00. The van der Waals surface area contributed by atoms with Crippen LogP contribution in [0.3, 0.4) is 0 Å². The highest BCUT2D eigenvalue weighted by molar-refractivity contribution is 5.81. The molecule has 0 aliphatic heterocycles. The number of benzene rings is 1. The van der Waals surface area contributed by atoms with Crippen LogP contribution in [0, 0.1) is 12.8 Å². The number of rotatable bonds is 7. The summed E-state index contributed by atoms with van der Waals surface area (Å²) >= 11 is 0. The molecule has 1 fully saturated rings. The Bertz CT molecular complexity index is 524. The Morgan fingerprint density at radius 2 is 2.05 bits per heavy atom. The van der Waals surface area contributed by atoms with Crippen LogP contribution in [0.15, 0.2) is 18.2 Å². The number of nitrogens with one attached hydrogen (secondary N) is 1. The number of ether oxygens (including phenoxy) is 1. The van der Waals surface area contributed by atoms with E-state index in [1.165, 1.54) is 0 Å².